The summed E-state index contributed by atoms with van der Waals surface area (Å²) in [4.78, 5) is 13.2. The van der Waals surface area contributed by atoms with Gasteiger partial charge in [0.15, 0.2) is 5.94 Å². The van der Waals surface area contributed by atoms with Crippen molar-refractivity contribution >= 4 is 11.8 Å². The van der Waals surface area contributed by atoms with Crippen molar-refractivity contribution in [3.8, 4) is 0 Å². The van der Waals surface area contributed by atoms with Crippen LogP contribution in [0.3, 0.4) is 0 Å². The summed E-state index contributed by atoms with van der Waals surface area (Å²) in [5, 5.41) is 0. The van der Waals surface area contributed by atoms with E-state index in [1.54, 1.807) is 0 Å². The zero-order valence-electron chi connectivity index (χ0n) is 7.51. The smallest absolute Gasteiger partial charge is 0.228 e. The highest BCUT2D eigenvalue weighted by Crippen LogP contribution is 2.29. The van der Waals surface area contributed by atoms with Crippen LogP contribution >= 0.6 is 0 Å². The fourth-order valence-corrected chi connectivity index (χ4v) is 1.01. The molecule has 78 valence electrons. The highest BCUT2D eigenvalue weighted by atomic mass is 19.4. The van der Waals surface area contributed by atoms with E-state index in [4.69, 9.17) is 0 Å². The van der Waals surface area contributed by atoms with E-state index in [0.717, 1.165) is 12.1 Å². The van der Waals surface area contributed by atoms with Crippen LogP contribution in [0, 0.1) is 0 Å². The normalized spacial score (nSPS) is 10.3. The van der Waals surface area contributed by atoms with Gasteiger partial charge in [0, 0.05) is 0 Å². The number of benzene rings is 1. The molecule has 0 amide bonds. The topological polar surface area (TPSA) is 29.4 Å². The number of alkyl halides is 3. The SMILES string of the molecule is O=C=C=NCc1cccc(C(F)(F)F)c1. The molecular weight excluding hydrogens is 207 g/mol. The van der Waals surface area contributed by atoms with Gasteiger partial charge in [-0.05, 0) is 17.7 Å². The molecule has 0 saturated carbocycles. The van der Waals surface area contributed by atoms with Crippen LogP contribution < -0.4 is 0 Å². The number of nitrogens with zero attached hydrogens (tertiary/aromatic N) is 1. The first kappa shape index (κ1) is 11.2. The lowest BCUT2D eigenvalue weighted by Crippen LogP contribution is -2.04. The predicted molar refractivity (Wildman–Crippen MR) is 48.3 cm³/mol. The van der Waals surface area contributed by atoms with Gasteiger partial charge in [0.05, 0.1) is 18.0 Å². The Labute approximate surface area is 83.8 Å². The van der Waals surface area contributed by atoms with Gasteiger partial charge in [0.25, 0.3) is 0 Å². The van der Waals surface area contributed by atoms with E-state index < -0.39 is 11.7 Å². The Morgan fingerprint density at radius 2 is 2.07 bits per heavy atom. The van der Waals surface area contributed by atoms with Gasteiger partial charge < -0.3 is 0 Å². The van der Waals surface area contributed by atoms with Crippen molar-refractivity contribution in [2.24, 2.45) is 4.99 Å². The summed E-state index contributed by atoms with van der Waals surface area (Å²) >= 11 is 0. The lowest BCUT2D eigenvalue weighted by atomic mass is 10.1. The number of carbonyl (C=O) groups excluding carboxylic acids is 1. The molecule has 0 aliphatic carbocycles. The number of rotatable bonds is 2. The van der Waals surface area contributed by atoms with E-state index in [1.807, 2.05) is 5.87 Å². The van der Waals surface area contributed by atoms with Crippen molar-refractivity contribution in [1.82, 2.24) is 0 Å². The third-order valence-electron chi connectivity index (χ3n) is 1.64. The fraction of sp³-hybridized carbons (Fsp3) is 0.200. The molecule has 0 spiro atoms. The highest BCUT2D eigenvalue weighted by molar-refractivity contribution is 5.85. The summed E-state index contributed by atoms with van der Waals surface area (Å²) in [7, 11) is 0. The first-order valence-corrected chi connectivity index (χ1v) is 3.99. The molecule has 0 saturated heterocycles. The Morgan fingerprint density at radius 1 is 1.33 bits per heavy atom. The van der Waals surface area contributed by atoms with E-state index in [0.29, 0.717) is 5.56 Å². The zero-order valence-corrected chi connectivity index (χ0v) is 7.51. The lowest BCUT2D eigenvalue weighted by Gasteiger charge is -2.06. The molecule has 15 heavy (non-hydrogen) atoms. The molecule has 0 fully saturated rings. The third-order valence-corrected chi connectivity index (χ3v) is 1.64. The molecule has 0 bridgehead atoms. The van der Waals surface area contributed by atoms with E-state index in [1.165, 1.54) is 18.1 Å². The quantitative estimate of drug-likeness (QED) is 0.547. The Balaban J connectivity index is 2.93. The number of hydrogen-bond donors (Lipinski definition) is 0. The number of aliphatic imine (C=N–C) groups is 1. The van der Waals surface area contributed by atoms with Crippen LogP contribution in [-0.2, 0) is 17.5 Å². The maximum atomic E-state index is 12.2. The van der Waals surface area contributed by atoms with Crippen LogP contribution in [0.2, 0.25) is 0 Å². The van der Waals surface area contributed by atoms with Crippen LogP contribution in [-0.4, -0.2) is 11.8 Å². The predicted octanol–water partition coefficient (Wildman–Crippen LogP) is 2.26. The average Bonchev–Trinajstić information content (AvgIpc) is 2.17. The molecule has 0 N–H and O–H groups in total. The van der Waals surface area contributed by atoms with E-state index in [9.17, 15) is 18.0 Å². The van der Waals surface area contributed by atoms with Gasteiger partial charge in [0.2, 0.25) is 0 Å². The van der Waals surface area contributed by atoms with Gasteiger partial charge in [-0.3, -0.25) is 0 Å². The monoisotopic (exact) mass is 213 g/mol. The van der Waals surface area contributed by atoms with Gasteiger partial charge in [-0.2, -0.15) is 13.2 Å². The van der Waals surface area contributed by atoms with Crippen LogP contribution in [0.1, 0.15) is 11.1 Å². The van der Waals surface area contributed by atoms with Crippen LogP contribution in [0.15, 0.2) is 29.3 Å². The van der Waals surface area contributed by atoms with E-state index in [-0.39, 0.29) is 6.54 Å². The molecule has 0 heterocycles. The molecule has 0 atom stereocenters. The molecule has 0 aromatic heterocycles. The minimum Gasteiger partial charge on any atom is -0.228 e. The second-order valence-corrected chi connectivity index (χ2v) is 2.73. The molecule has 0 aliphatic rings. The van der Waals surface area contributed by atoms with Gasteiger partial charge >= 0.3 is 6.18 Å². The van der Waals surface area contributed by atoms with Crippen molar-refractivity contribution in [2.45, 2.75) is 12.7 Å². The van der Waals surface area contributed by atoms with Crippen molar-refractivity contribution < 1.29 is 18.0 Å². The maximum absolute atomic E-state index is 12.2. The Morgan fingerprint density at radius 3 is 2.67 bits per heavy atom. The van der Waals surface area contributed by atoms with Gasteiger partial charge in [0.1, 0.15) is 0 Å². The van der Waals surface area contributed by atoms with Gasteiger partial charge in [-0.25, -0.2) is 9.79 Å². The molecule has 1 aromatic rings. The second-order valence-electron chi connectivity index (χ2n) is 2.73. The summed E-state index contributed by atoms with van der Waals surface area (Å²) in [6, 6.07) is 4.74. The van der Waals surface area contributed by atoms with Crippen LogP contribution in [0.25, 0.3) is 0 Å². The van der Waals surface area contributed by atoms with Crippen molar-refractivity contribution in [3.63, 3.8) is 0 Å². The van der Waals surface area contributed by atoms with Crippen molar-refractivity contribution in [2.75, 3.05) is 0 Å². The zero-order chi connectivity index (χ0) is 11.3. The largest absolute Gasteiger partial charge is 0.416 e. The maximum Gasteiger partial charge on any atom is 0.416 e. The molecular formula is C10H6F3NO. The highest BCUT2D eigenvalue weighted by Gasteiger charge is 2.30. The summed E-state index contributed by atoms with van der Waals surface area (Å²) in [6.45, 7) is -0.0147. The Hall–Kier alpha value is -1.83. The first-order valence-electron chi connectivity index (χ1n) is 3.99. The summed E-state index contributed by atoms with van der Waals surface area (Å²) in [5.41, 5.74) is -0.363. The van der Waals surface area contributed by atoms with E-state index >= 15 is 0 Å². The lowest BCUT2D eigenvalue weighted by molar-refractivity contribution is -0.137. The van der Waals surface area contributed by atoms with Crippen LogP contribution in [0.4, 0.5) is 13.2 Å². The fourth-order valence-electron chi connectivity index (χ4n) is 1.01. The molecule has 1 rings (SSSR count). The van der Waals surface area contributed by atoms with Crippen molar-refractivity contribution in [1.29, 1.82) is 0 Å². The summed E-state index contributed by atoms with van der Waals surface area (Å²) in [5.74, 6) is 3.19. The van der Waals surface area contributed by atoms with Crippen molar-refractivity contribution in [3.05, 3.63) is 35.4 Å². The second kappa shape index (κ2) is 4.60. The average molecular weight is 213 g/mol. The molecule has 2 nitrogen and oxygen atoms in total. The Bertz CT molecular complexity index is 427. The minimum atomic E-state index is -4.36. The molecule has 5 heteroatoms. The summed E-state index contributed by atoms with van der Waals surface area (Å²) in [6.07, 6.45) is -4.36. The molecule has 0 unspecified atom stereocenters. The summed E-state index contributed by atoms with van der Waals surface area (Å²) < 4.78 is 36.7. The number of halogens is 3. The number of hydrogen-bond acceptors (Lipinski definition) is 2. The first-order chi connectivity index (χ1) is 7.04. The third kappa shape index (κ3) is 3.43. The molecule has 1 aromatic carbocycles. The minimum absolute atomic E-state index is 0.0147. The molecule has 0 aliphatic heterocycles. The van der Waals surface area contributed by atoms with Gasteiger partial charge in [-0.15, -0.1) is 0 Å². The van der Waals surface area contributed by atoms with Gasteiger partial charge in [-0.1, -0.05) is 12.1 Å². The van der Waals surface area contributed by atoms with Crippen LogP contribution in [0.5, 0.6) is 0 Å². The standard InChI is InChI=1S/C10H6F3NO/c11-10(12,13)9-3-1-2-8(6-9)7-14-4-5-15/h1-3,6H,7H2. The Kier molecular flexibility index (Phi) is 3.45. The molecule has 0 radical (unpaired) electrons. The van der Waals surface area contributed by atoms with E-state index in [2.05, 4.69) is 4.99 Å².